The number of carbonyl (C=O) groups excluding carboxylic acids is 3. The van der Waals surface area contributed by atoms with Gasteiger partial charge in [0.15, 0.2) is 0 Å². The maximum absolute atomic E-state index is 12.5. The number of nitrogens with one attached hydrogen (secondary N) is 1. The highest BCUT2D eigenvalue weighted by Crippen LogP contribution is 2.49. The Morgan fingerprint density at radius 1 is 1.10 bits per heavy atom. The highest BCUT2D eigenvalue weighted by Gasteiger charge is 2.62. The number of urea groups is 1. The van der Waals surface area contributed by atoms with Crippen LogP contribution in [0.15, 0.2) is 0 Å². The van der Waals surface area contributed by atoms with Crippen LogP contribution < -0.4 is 5.32 Å². The Morgan fingerprint density at radius 3 is 2.20 bits per heavy atom. The molecule has 0 aromatic rings. The van der Waals surface area contributed by atoms with Crippen molar-refractivity contribution in [3.63, 3.8) is 0 Å². The Balaban J connectivity index is 1.84. The number of hydrogen-bond acceptors (Lipinski definition) is 4. The molecule has 2 aliphatic carbocycles. The summed E-state index contributed by atoms with van der Waals surface area (Å²) in [6.45, 7) is 0.389. The Kier molecular flexibility index (Phi) is 2.90. The fraction of sp³-hybridized carbons (Fsp3) is 0.786. The monoisotopic (exact) mass is 279 g/mol. The lowest BCUT2D eigenvalue weighted by atomic mass is 9.93. The normalized spacial score (nSPS) is 27.4. The van der Waals surface area contributed by atoms with Gasteiger partial charge in [-0.2, -0.15) is 0 Å². The first kappa shape index (κ1) is 13.5. The van der Waals surface area contributed by atoms with E-state index in [1.165, 1.54) is 4.90 Å². The summed E-state index contributed by atoms with van der Waals surface area (Å²) in [4.78, 5) is 39.8. The second-order valence-electron chi connectivity index (χ2n) is 6.56. The average molecular weight is 279 g/mol. The zero-order chi connectivity index (χ0) is 14.5. The molecule has 1 saturated heterocycles. The molecule has 110 valence electrons. The zero-order valence-corrected chi connectivity index (χ0v) is 12.1. The minimum absolute atomic E-state index is 0.135. The van der Waals surface area contributed by atoms with Crippen molar-refractivity contribution in [3.8, 4) is 0 Å². The van der Waals surface area contributed by atoms with E-state index in [1.807, 2.05) is 14.1 Å². The number of hydrogen-bond donors (Lipinski definition) is 1. The maximum atomic E-state index is 12.5. The third kappa shape index (κ3) is 1.78. The van der Waals surface area contributed by atoms with Gasteiger partial charge in [-0.15, -0.1) is 0 Å². The third-order valence-electron chi connectivity index (χ3n) is 5.24. The predicted molar refractivity (Wildman–Crippen MR) is 71.8 cm³/mol. The van der Waals surface area contributed by atoms with Crippen molar-refractivity contribution in [2.45, 2.75) is 44.1 Å². The van der Waals surface area contributed by atoms with E-state index in [4.69, 9.17) is 0 Å². The molecule has 1 N–H and O–H groups in total. The number of nitrogens with zero attached hydrogens (tertiary/aromatic N) is 2. The highest BCUT2D eigenvalue weighted by atomic mass is 16.2. The summed E-state index contributed by atoms with van der Waals surface area (Å²) in [6, 6.07) is -0.550. The third-order valence-corrected chi connectivity index (χ3v) is 5.24. The molecule has 6 heteroatoms. The van der Waals surface area contributed by atoms with Crippen LogP contribution in [0.4, 0.5) is 4.79 Å². The van der Waals surface area contributed by atoms with Gasteiger partial charge in [-0.3, -0.25) is 19.8 Å². The Hall–Kier alpha value is -1.43. The number of amides is 4. The quantitative estimate of drug-likeness (QED) is 0.773. The topological polar surface area (TPSA) is 69.7 Å². The van der Waals surface area contributed by atoms with Crippen molar-refractivity contribution in [1.82, 2.24) is 15.1 Å². The first-order valence-corrected chi connectivity index (χ1v) is 7.26. The van der Waals surface area contributed by atoms with Crippen molar-refractivity contribution < 1.29 is 14.4 Å². The van der Waals surface area contributed by atoms with E-state index in [0.717, 1.165) is 25.7 Å². The van der Waals surface area contributed by atoms with Gasteiger partial charge in [0, 0.05) is 12.1 Å². The molecule has 0 aromatic heterocycles. The molecule has 0 radical (unpaired) electrons. The van der Waals surface area contributed by atoms with Crippen LogP contribution in [0.2, 0.25) is 0 Å². The van der Waals surface area contributed by atoms with Crippen molar-refractivity contribution in [3.05, 3.63) is 0 Å². The molecular weight excluding hydrogens is 258 g/mol. The van der Waals surface area contributed by atoms with Crippen LogP contribution in [0.5, 0.6) is 0 Å². The van der Waals surface area contributed by atoms with E-state index in [2.05, 4.69) is 10.2 Å². The fourth-order valence-corrected chi connectivity index (χ4v) is 3.52. The number of rotatable bonds is 3. The molecule has 0 atom stereocenters. The van der Waals surface area contributed by atoms with Gasteiger partial charge >= 0.3 is 6.03 Å². The molecular formula is C14H21N3O3. The fourth-order valence-electron chi connectivity index (χ4n) is 3.52. The van der Waals surface area contributed by atoms with E-state index in [-0.39, 0.29) is 11.4 Å². The Morgan fingerprint density at radius 2 is 1.70 bits per heavy atom. The van der Waals surface area contributed by atoms with Gasteiger partial charge in [0.1, 0.15) is 5.41 Å². The van der Waals surface area contributed by atoms with Gasteiger partial charge in [-0.25, -0.2) is 4.79 Å². The van der Waals surface area contributed by atoms with E-state index < -0.39 is 17.4 Å². The van der Waals surface area contributed by atoms with Crippen LogP contribution >= 0.6 is 0 Å². The van der Waals surface area contributed by atoms with Crippen LogP contribution in [0.3, 0.4) is 0 Å². The maximum Gasteiger partial charge on any atom is 0.330 e. The molecule has 3 aliphatic rings. The van der Waals surface area contributed by atoms with Gasteiger partial charge in [-0.1, -0.05) is 12.8 Å². The molecule has 1 spiro atoms. The summed E-state index contributed by atoms with van der Waals surface area (Å²) in [7, 11) is 3.99. The van der Waals surface area contributed by atoms with Gasteiger partial charge < -0.3 is 4.90 Å². The molecule has 3 fully saturated rings. The first-order chi connectivity index (χ1) is 9.41. The first-order valence-electron chi connectivity index (χ1n) is 7.26. The number of carbonyl (C=O) groups is 3. The van der Waals surface area contributed by atoms with Gasteiger partial charge in [0.25, 0.3) is 0 Å². The molecule has 1 aliphatic heterocycles. The molecule has 0 aromatic carbocycles. The van der Waals surface area contributed by atoms with Crippen molar-refractivity contribution in [1.29, 1.82) is 0 Å². The second-order valence-corrected chi connectivity index (χ2v) is 6.56. The SMILES string of the molecule is CN(C)C1(CN2C(=O)NC(=O)C3(CC3)C2=O)CCCC1. The molecule has 3 rings (SSSR count). The average Bonchev–Trinajstić information content (AvgIpc) is 3.06. The molecule has 0 unspecified atom stereocenters. The molecule has 6 nitrogen and oxygen atoms in total. The minimum atomic E-state index is -0.931. The molecule has 4 amide bonds. The van der Waals surface area contributed by atoms with Crippen molar-refractivity contribution in [2.24, 2.45) is 5.41 Å². The number of likely N-dealkylation sites (N-methyl/N-ethyl adjacent to an activating group) is 1. The summed E-state index contributed by atoms with van der Waals surface area (Å²) in [5.74, 6) is -0.701. The highest BCUT2D eigenvalue weighted by molar-refractivity contribution is 6.20. The number of barbiturate groups is 1. The lowest BCUT2D eigenvalue weighted by molar-refractivity contribution is -0.145. The van der Waals surface area contributed by atoms with Gasteiger partial charge in [0.05, 0.1) is 0 Å². The van der Waals surface area contributed by atoms with Crippen LogP contribution in [0.25, 0.3) is 0 Å². The summed E-state index contributed by atoms with van der Waals surface area (Å²) in [5.41, 5.74) is -1.07. The molecule has 1 heterocycles. The zero-order valence-electron chi connectivity index (χ0n) is 12.1. The van der Waals surface area contributed by atoms with E-state index in [0.29, 0.717) is 19.4 Å². The van der Waals surface area contributed by atoms with Crippen LogP contribution in [0.1, 0.15) is 38.5 Å². The van der Waals surface area contributed by atoms with Crippen LogP contribution in [0, 0.1) is 5.41 Å². The summed E-state index contributed by atoms with van der Waals surface area (Å²) in [6.07, 6.45) is 5.33. The summed E-state index contributed by atoms with van der Waals surface area (Å²) < 4.78 is 0. The van der Waals surface area contributed by atoms with Crippen molar-refractivity contribution >= 4 is 17.8 Å². The summed E-state index contributed by atoms with van der Waals surface area (Å²) >= 11 is 0. The van der Waals surface area contributed by atoms with Gasteiger partial charge in [-0.05, 0) is 39.8 Å². The summed E-state index contributed by atoms with van der Waals surface area (Å²) in [5, 5.41) is 2.35. The molecule has 2 saturated carbocycles. The predicted octanol–water partition coefficient (Wildman–Crippen LogP) is 0.719. The lowest BCUT2D eigenvalue weighted by Crippen LogP contribution is -2.63. The largest absolute Gasteiger partial charge is 0.330 e. The Bertz CT molecular complexity index is 476. The van der Waals surface area contributed by atoms with Crippen LogP contribution in [-0.4, -0.2) is 53.8 Å². The minimum Gasteiger partial charge on any atom is -0.302 e. The van der Waals surface area contributed by atoms with E-state index >= 15 is 0 Å². The van der Waals surface area contributed by atoms with Crippen molar-refractivity contribution in [2.75, 3.05) is 20.6 Å². The van der Waals surface area contributed by atoms with E-state index in [1.54, 1.807) is 0 Å². The number of imide groups is 2. The van der Waals surface area contributed by atoms with Crippen LogP contribution in [-0.2, 0) is 9.59 Å². The van der Waals surface area contributed by atoms with E-state index in [9.17, 15) is 14.4 Å². The van der Waals surface area contributed by atoms with Gasteiger partial charge in [0.2, 0.25) is 11.8 Å². The standard InChI is InChI=1S/C14H21N3O3/c1-16(2)13(5-3-4-6-13)9-17-11(19)14(7-8-14)10(18)15-12(17)20/h3-9H2,1-2H3,(H,15,18,20). The lowest BCUT2D eigenvalue weighted by Gasteiger charge is -2.41. The molecule has 0 bridgehead atoms. The molecule has 20 heavy (non-hydrogen) atoms. The smallest absolute Gasteiger partial charge is 0.302 e. The second kappa shape index (κ2) is 4.28. The Labute approximate surface area is 118 Å².